The molecule has 1 N–H and O–H groups in total. The summed E-state index contributed by atoms with van der Waals surface area (Å²) in [6.07, 6.45) is 4.19. The van der Waals surface area contributed by atoms with Gasteiger partial charge in [0.2, 0.25) is 0 Å². The molecule has 1 aliphatic heterocycles. The zero-order valence-electron chi connectivity index (χ0n) is 19.6. The van der Waals surface area contributed by atoms with Gasteiger partial charge in [0.05, 0.1) is 5.52 Å². The summed E-state index contributed by atoms with van der Waals surface area (Å²) in [5, 5.41) is 0.756. The number of rotatable bonds is 6. The number of anilines is 1. The third kappa shape index (κ3) is 4.40. The summed E-state index contributed by atoms with van der Waals surface area (Å²) in [7, 11) is -3.83. The number of carbonyl (C=O) groups excluding carboxylic acids is 1. The molecule has 1 aliphatic carbocycles. The van der Waals surface area contributed by atoms with Crippen LogP contribution in [0.25, 0.3) is 10.9 Å². The fraction of sp³-hybridized carbons (Fsp3) is 0.385. The number of hydrogen-bond donors (Lipinski definition) is 1. The van der Waals surface area contributed by atoms with Crippen molar-refractivity contribution in [1.82, 2.24) is 14.8 Å². The first-order chi connectivity index (χ1) is 16.3. The highest BCUT2D eigenvalue weighted by Crippen LogP contribution is 2.43. The summed E-state index contributed by atoms with van der Waals surface area (Å²) in [5.74, 6) is 0.757. The molecule has 34 heavy (non-hydrogen) atoms. The minimum atomic E-state index is -3.83. The van der Waals surface area contributed by atoms with Crippen LogP contribution in [0.1, 0.15) is 37.0 Å². The van der Waals surface area contributed by atoms with Gasteiger partial charge in [-0.05, 0) is 69.0 Å². The van der Waals surface area contributed by atoms with Crippen molar-refractivity contribution in [3.63, 3.8) is 0 Å². The number of nitrogens with one attached hydrogen (secondary N) is 1. The van der Waals surface area contributed by atoms with Crippen molar-refractivity contribution in [3.8, 4) is 0 Å². The summed E-state index contributed by atoms with van der Waals surface area (Å²) >= 11 is 0. The summed E-state index contributed by atoms with van der Waals surface area (Å²) in [4.78, 5) is 21.8. The monoisotopic (exact) mass is 478 g/mol. The Bertz CT molecular complexity index is 1300. The normalized spacial score (nSPS) is 17.6. The Morgan fingerprint density at radius 1 is 0.971 bits per heavy atom. The molecule has 1 amide bonds. The van der Waals surface area contributed by atoms with Gasteiger partial charge in [-0.1, -0.05) is 18.2 Å². The van der Waals surface area contributed by atoms with Crippen LogP contribution in [0, 0.1) is 5.92 Å². The fourth-order valence-electron chi connectivity index (χ4n) is 4.90. The average molecular weight is 479 g/mol. The lowest BCUT2D eigenvalue weighted by Gasteiger charge is -2.44. The molecule has 2 aromatic carbocycles. The second-order valence-electron chi connectivity index (χ2n) is 9.72. The molecule has 178 valence electrons. The molecule has 0 bridgehead atoms. The highest BCUT2D eigenvalue weighted by Gasteiger charge is 2.43. The van der Waals surface area contributed by atoms with E-state index in [2.05, 4.69) is 28.5 Å². The lowest BCUT2D eigenvalue weighted by atomic mass is 9.95. The SMILES string of the molecule is CC(C)(C1CC1)N1CCN(C(=O)c2ccc(NS(=O)(=O)c3cccc4cccnc34)cc2)CC1. The molecule has 5 rings (SSSR count). The first-order valence-corrected chi connectivity index (χ1v) is 13.2. The number of piperazine rings is 1. The zero-order chi connectivity index (χ0) is 23.9. The van der Waals surface area contributed by atoms with Crippen molar-refractivity contribution in [2.45, 2.75) is 37.1 Å². The van der Waals surface area contributed by atoms with Gasteiger partial charge in [-0.25, -0.2) is 8.42 Å². The van der Waals surface area contributed by atoms with Gasteiger partial charge in [-0.3, -0.25) is 19.4 Å². The van der Waals surface area contributed by atoms with Gasteiger partial charge in [-0.15, -0.1) is 0 Å². The van der Waals surface area contributed by atoms with Crippen LogP contribution in [0.5, 0.6) is 0 Å². The number of fused-ring (bicyclic) bond motifs is 1. The van der Waals surface area contributed by atoms with Crippen molar-refractivity contribution in [1.29, 1.82) is 0 Å². The van der Waals surface area contributed by atoms with E-state index < -0.39 is 10.0 Å². The Morgan fingerprint density at radius 3 is 2.32 bits per heavy atom. The van der Waals surface area contributed by atoms with Gasteiger partial charge in [0.15, 0.2) is 0 Å². The molecular weight excluding hydrogens is 448 g/mol. The van der Waals surface area contributed by atoms with Gasteiger partial charge in [0.25, 0.3) is 15.9 Å². The predicted octanol–water partition coefficient (Wildman–Crippen LogP) is 3.98. The summed E-state index contributed by atoms with van der Waals surface area (Å²) in [6, 6.07) is 15.3. The number of aromatic nitrogens is 1. The predicted molar refractivity (Wildman–Crippen MR) is 133 cm³/mol. The quantitative estimate of drug-likeness (QED) is 0.579. The molecule has 0 spiro atoms. The standard InChI is InChI=1S/C26H30N4O3S/c1-26(2,21-10-11-21)30-17-15-29(16-18-30)25(31)20-8-12-22(13-9-20)28-34(32,33)23-7-3-5-19-6-4-14-27-24(19)23/h3-9,12-14,21,28H,10-11,15-18H2,1-2H3. The summed E-state index contributed by atoms with van der Waals surface area (Å²) in [6.45, 7) is 7.81. The summed E-state index contributed by atoms with van der Waals surface area (Å²) < 4.78 is 28.6. The maximum atomic E-state index is 13.0. The van der Waals surface area contributed by atoms with Crippen LogP contribution in [-0.2, 0) is 10.0 Å². The van der Waals surface area contributed by atoms with E-state index in [4.69, 9.17) is 0 Å². The van der Waals surface area contributed by atoms with Gasteiger partial charge >= 0.3 is 0 Å². The minimum Gasteiger partial charge on any atom is -0.336 e. The van der Waals surface area contributed by atoms with E-state index in [0.29, 0.717) is 29.9 Å². The molecule has 0 unspecified atom stereocenters. The van der Waals surface area contributed by atoms with Crippen LogP contribution >= 0.6 is 0 Å². The van der Waals surface area contributed by atoms with Crippen LogP contribution in [0.2, 0.25) is 0 Å². The number of nitrogens with zero attached hydrogens (tertiary/aromatic N) is 3. The molecule has 1 aromatic heterocycles. The Kier molecular flexibility index (Phi) is 5.81. The van der Waals surface area contributed by atoms with Crippen LogP contribution < -0.4 is 4.72 Å². The van der Waals surface area contributed by atoms with Crippen LogP contribution in [0.4, 0.5) is 5.69 Å². The van der Waals surface area contributed by atoms with E-state index in [0.717, 1.165) is 24.4 Å². The van der Waals surface area contributed by atoms with Crippen LogP contribution in [0.3, 0.4) is 0 Å². The van der Waals surface area contributed by atoms with Crippen LogP contribution in [-0.4, -0.2) is 60.8 Å². The lowest BCUT2D eigenvalue weighted by Crippen LogP contribution is -2.56. The van der Waals surface area contributed by atoms with Crippen molar-refractivity contribution in [2.24, 2.45) is 5.92 Å². The number of carbonyl (C=O) groups is 1. The van der Waals surface area contributed by atoms with E-state index in [9.17, 15) is 13.2 Å². The molecule has 8 heteroatoms. The lowest BCUT2D eigenvalue weighted by molar-refractivity contribution is 0.0328. The maximum Gasteiger partial charge on any atom is 0.264 e. The minimum absolute atomic E-state index is 0.0171. The number of pyridine rings is 1. The van der Waals surface area contributed by atoms with Gasteiger partial charge in [0, 0.05) is 54.6 Å². The van der Waals surface area contributed by atoms with Crippen molar-refractivity contribution < 1.29 is 13.2 Å². The molecule has 7 nitrogen and oxygen atoms in total. The van der Waals surface area contributed by atoms with Crippen molar-refractivity contribution in [3.05, 3.63) is 66.4 Å². The van der Waals surface area contributed by atoms with E-state index in [1.165, 1.54) is 12.8 Å². The molecule has 0 radical (unpaired) electrons. The third-order valence-corrected chi connectivity index (χ3v) is 8.64. The largest absolute Gasteiger partial charge is 0.336 e. The van der Waals surface area contributed by atoms with Crippen molar-refractivity contribution in [2.75, 3.05) is 30.9 Å². The number of amides is 1. The highest BCUT2D eigenvalue weighted by atomic mass is 32.2. The van der Waals surface area contributed by atoms with Gasteiger partial charge in [-0.2, -0.15) is 0 Å². The molecule has 1 saturated carbocycles. The number of benzene rings is 2. The second-order valence-corrected chi connectivity index (χ2v) is 11.4. The third-order valence-electron chi connectivity index (χ3n) is 7.23. The van der Waals surface area contributed by atoms with E-state index in [1.54, 1.807) is 48.7 Å². The molecule has 2 aliphatic rings. The number of hydrogen-bond acceptors (Lipinski definition) is 5. The number of para-hydroxylation sites is 1. The Labute approximate surface area is 200 Å². The van der Waals surface area contributed by atoms with E-state index in [1.807, 2.05) is 17.0 Å². The summed E-state index contributed by atoms with van der Waals surface area (Å²) in [5.41, 5.74) is 1.59. The molecule has 3 aromatic rings. The Hall–Kier alpha value is -2.97. The Balaban J connectivity index is 1.25. The fourth-order valence-corrected chi connectivity index (χ4v) is 6.14. The first-order valence-electron chi connectivity index (χ1n) is 11.8. The number of sulfonamides is 1. The smallest absolute Gasteiger partial charge is 0.264 e. The molecule has 2 heterocycles. The highest BCUT2D eigenvalue weighted by molar-refractivity contribution is 7.93. The average Bonchev–Trinajstić information content (AvgIpc) is 3.70. The van der Waals surface area contributed by atoms with Gasteiger partial charge < -0.3 is 4.90 Å². The van der Waals surface area contributed by atoms with Gasteiger partial charge in [0.1, 0.15) is 4.90 Å². The molecule has 0 atom stereocenters. The topological polar surface area (TPSA) is 82.6 Å². The Morgan fingerprint density at radius 2 is 1.65 bits per heavy atom. The first kappa shape index (κ1) is 22.8. The van der Waals surface area contributed by atoms with Crippen molar-refractivity contribution >= 4 is 32.5 Å². The molecule has 2 fully saturated rings. The van der Waals surface area contributed by atoms with E-state index >= 15 is 0 Å². The van der Waals surface area contributed by atoms with Crippen LogP contribution in [0.15, 0.2) is 65.7 Å². The zero-order valence-corrected chi connectivity index (χ0v) is 20.4. The van der Waals surface area contributed by atoms with E-state index in [-0.39, 0.29) is 16.3 Å². The molecular formula is C26H30N4O3S. The maximum absolute atomic E-state index is 13.0. The molecule has 1 saturated heterocycles. The second kappa shape index (κ2) is 8.67.